The highest BCUT2D eigenvalue weighted by Crippen LogP contribution is 2.44. The lowest BCUT2D eigenvalue weighted by atomic mass is 9.91. The van der Waals surface area contributed by atoms with Gasteiger partial charge in [0.05, 0.1) is 7.11 Å². The third kappa shape index (κ3) is 2.51. The molecule has 3 atom stereocenters. The first kappa shape index (κ1) is 14.7. The van der Waals surface area contributed by atoms with Gasteiger partial charge in [-0.15, -0.1) is 0 Å². The van der Waals surface area contributed by atoms with Crippen LogP contribution < -0.4 is 15.2 Å². The van der Waals surface area contributed by atoms with Crippen molar-refractivity contribution in [3.05, 3.63) is 23.3 Å². The molecule has 2 aliphatic heterocycles. The zero-order valence-corrected chi connectivity index (χ0v) is 13.3. The van der Waals surface area contributed by atoms with Crippen LogP contribution >= 0.6 is 0 Å². The van der Waals surface area contributed by atoms with Crippen molar-refractivity contribution in [3.8, 4) is 11.5 Å². The smallest absolute Gasteiger partial charge is 0.124 e. The van der Waals surface area contributed by atoms with E-state index in [9.17, 15) is 0 Å². The third-order valence-electron chi connectivity index (χ3n) is 4.90. The summed E-state index contributed by atoms with van der Waals surface area (Å²) in [6.45, 7) is 7.20. The Balaban J connectivity index is 2.02. The second kappa shape index (κ2) is 5.85. The lowest BCUT2D eigenvalue weighted by molar-refractivity contribution is 0.232. The van der Waals surface area contributed by atoms with E-state index < -0.39 is 0 Å². The summed E-state index contributed by atoms with van der Waals surface area (Å²) in [5, 5.41) is 0. The second-order valence-electron chi connectivity index (χ2n) is 6.19. The van der Waals surface area contributed by atoms with Crippen molar-refractivity contribution in [2.24, 2.45) is 11.7 Å². The van der Waals surface area contributed by atoms with E-state index in [0.29, 0.717) is 12.0 Å². The number of hydrogen-bond acceptors (Lipinski definition) is 4. The highest BCUT2D eigenvalue weighted by molar-refractivity contribution is 5.50. The fraction of sp³-hybridized carbons (Fsp3) is 0.647. The Morgan fingerprint density at radius 2 is 2.24 bits per heavy atom. The molecule has 0 aliphatic carbocycles. The van der Waals surface area contributed by atoms with Gasteiger partial charge in [-0.3, -0.25) is 4.90 Å². The summed E-state index contributed by atoms with van der Waals surface area (Å²) in [4.78, 5) is 2.50. The molecule has 21 heavy (non-hydrogen) atoms. The van der Waals surface area contributed by atoms with Gasteiger partial charge in [0.25, 0.3) is 0 Å². The number of likely N-dealkylation sites (tertiary alicyclic amines) is 1. The highest BCUT2D eigenvalue weighted by atomic mass is 16.5. The lowest BCUT2D eigenvalue weighted by Crippen LogP contribution is -2.28. The van der Waals surface area contributed by atoms with E-state index in [0.717, 1.165) is 44.0 Å². The Morgan fingerprint density at radius 1 is 1.43 bits per heavy atom. The summed E-state index contributed by atoms with van der Waals surface area (Å²) in [5.74, 6) is 2.50. The standard InChI is InChI=1S/C17H26N2O2/c1-4-19-6-5-12(10-18)17(19)14-9-15-13(7-11(2)21-15)8-16(14)20-3/h8-9,11-12,17H,4-7,10,18H2,1-3H3. The molecular weight excluding hydrogens is 264 g/mol. The van der Waals surface area contributed by atoms with Gasteiger partial charge < -0.3 is 15.2 Å². The summed E-state index contributed by atoms with van der Waals surface area (Å²) in [7, 11) is 1.76. The summed E-state index contributed by atoms with van der Waals surface area (Å²) in [5.41, 5.74) is 8.50. The number of hydrogen-bond donors (Lipinski definition) is 1. The molecule has 3 rings (SSSR count). The summed E-state index contributed by atoms with van der Waals surface area (Å²) < 4.78 is 11.6. The van der Waals surface area contributed by atoms with Crippen molar-refractivity contribution in [1.29, 1.82) is 0 Å². The molecule has 0 bridgehead atoms. The van der Waals surface area contributed by atoms with E-state index in [4.69, 9.17) is 15.2 Å². The molecule has 2 aliphatic rings. The zero-order valence-electron chi connectivity index (χ0n) is 13.3. The van der Waals surface area contributed by atoms with Crippen LogP contribution in [0.5, 0.6) is 11.5 Å². The minimum atomic E-state index is 0.260. The van der Waals surface area contributed by atoms with Gasteiger partial charge in [-0.2, -0.15) is 0 Å². The number of rotatable bonds is 4. The van der Waals surface area contributed by atoms with Crippen molar-refractivity contribution in [2.45, 2.75) is 38.8 Å². The maximum absolute atomic E-state index is 6.01. The highest BCUT2D eigenvalue weighted by Gasteiger charge is 2.36. The van der Waals surface area contributed by atoms with Gasteiger partial charge in [-0.05, 0) is 51.0 Å². The molecule has 1 aromatic carbocycles. The molecule has 0 amide bonds. The van der Waals surface area contributed by atoms with Gasteiger partial charge in [-0.25, -0.2) is 0 Å². The van der Waals surface area contributed by atoms with E-state index in [-0.39, 0.29) is 6.10 Å². The molecule has 0 aromatic heterocycles. The van der Waals surface area contributed by atoms with Crippen LogP contribution in [0.1, 0.15) is 37.4 Å². The molecule has 4 heteroatoms. The van der Waals surface area contributed by atoms with Crippen LogP contribution in [0.15, 0.2) is 12.1 Å². The van der Waals surface area contributed by atoms with Crippen molar-refractivity contribution in [1.82, 2.24) is 4.90 Å². The Bertz CT molecular complexity index is 506. The first-order chi connectivity index (χ1) is 10.2. The van der Waals surface area contributed by atoms with E-state index in [2.05, 4.69) is 30.9 Å². The number of ether oxygens (including phenoxy) is 2. The normalized spacial score (nSPS) is 28.5. The van der Waals surface area contributed by atoms with Crippen molar-refractivity contribution in [3.63, 3.8) is 0 Å². The quantitative estimate of drug-likeness (QED) is 0.925. The van der Waals surface area contributed by atoms with E-state index in [1.165, 1.54) is 11.1 Å². The first-order valence-corrected chi connectivity index (χ1v) is 7.99. The molecule has 0 radical (unpaired) electrons. The maximum Gasteiger partial charge on any atom is 0.124 e. The van der Waals surface area contributed by atoms with Gasteiger partial charge in [0.1, 0.15) is 17.6 Å². The SMILES string of the molecule is CCN1CCC(CN)C1c1cc2c(cc1OC)CC(C)O2. The Morgan fingerprint density at radius 3 is 2.90 bits per heavy atom. The Kier molecular flexibility index (Phi) is 4.09. The molecule has 1 aromatic rings. The maximum atomic E-state index is 6.01. The van der Waals surface area contributed by atoms with Crippen LogP contribution in [0.4, 0.5) is 0 Å². The van der Waals surface area contributed by atoms with Crippen LogP contribution in [0, 0.1) is 5.92 Å². The van der Waals surface area contributed by atoms with E-state index in [1.807, 2.05) is 0 Å². The van der Waals surface area contributed by atoms with Crippen molar-refractivity contribution >= 4 is 0 Å². The van der Waals surface area contributed by atoms with Gasteiger partial charge in [0.15, 0.2) is 0 Å². The average Bonchev–Trinajstić information content (AvgIpc) is 3.06. The van der Waals surface area contributed by atoms with E-state index >= 15 is 0 Å². The predicted molar refractivity (Wildman–Crippen MR) is 83.9 cm³/mol. The Labute approximate surface area is 127 Å². The van der Waals surface area contributed by atoms with Gasteiger partial charge in [0, 0.05) is 23.6 Å². The van der Waals surface area contributed by atoms with Crippen molar-refractivity contribution < 1.29 is 9.47 Å². The van der Waals surface area contributed by atoms with Crippen molar-refractivity contribution in [2.75, 3.05) is 26.7 Å². The second-order valence-corrected chi connectivity index (χ2v) is 6.19. The predicted octanol–water partition coefficient (Wildman–Crippen LogP) is 2.36. The third-order valence-corrected chi connectivity index (χ3v) is 4.90. The minimum absolute atomic E-state index is 0.260. The first-order valence-electron chi connectivity index (χ1n) is 7.99. The average molecular weight is 290 g/mol. The molecule has 3 unspecified atom stereocenters. The summed E-state index contributed by atoms with van der Waals surface area (Å²) in [6, 6.07) is 4.70. The van der Waals surface area contributed by atoms with Crippen LogP contribution in [-0.4, -0.2) is 37.7 Å². The summed E-state index contributed by atoms with van der Waals surface area (Å²) in [6.07, 6.45) is 2.39. The summed E-state index contributed by atoms with van der Waals surface area (Å²) >= 11 is 0. The number of fused-ring (bicyclic) bond motifs is 1. The zero-order chi connectivity index (χ0) is 15.0. The topological polar surface area (TPSA) is 47.7 Å². The minimum Gasteiger partial charge on any atom is -0.496 e. The van der Waals surface area contributed by atoms with Crippen LogP contribution in [0.3, 0.4) is 0 Å². The fourth-order valence-corrected chi connectivity index (χ4v) is 3.84. The molecule has 0 spiro atoms. The van der Waals surface area contributed by atoms with Crippen LogP contribution in [0.25, 0.3) is 0 Å². The van der Waals surface area contributed by atoms with Crippen LogP contribution in [-0.2, 0) is 6.42 Å². The van der Waals surface area contributed by atoms with E-state index in [1.54, 1.807) is 7.11 Å². The largest absolute Gasteiger partial charge is 0.496 e. The molecular formula is C17H26N2O2. The Hall–Kier alpha value is -1.26. The van der Waals surface area contributed by atoms with Gasteiger partial charge in [-0.1, -0.05) is 6.92 Å². The molecule has 4 nitrogen and oxygen atoms in total. The number of methoxy groups -OCH3 is 1. The molecule has 116 valence electrons. The number of nitrogens with two attached hydrogens (primary N) is 1. The molecule has 0 saturated carbocycles. The van der Waals surface area contributed by atoms with Crippen LogP contribution in [0.2, 0.25) is 0 Å². The molecule has 1 fully saturated rings. The monoisotopic (exact) mass is 290 g/mol. The van der Waals surface area contributed by atoms with Gasteiger partial charge >= 0.3 is 0 Å². The van der Waals surface area contributed by atoms with Gasteiger partial charge in [0.2, 0.25) is 0 Å². The molecule has 1 saturated heterocycles. The molecule has 2 N–H and O–H groups in total. The lowest BCUT2D eigenvalue weighted by Gasteiger charge is -2.28. The number of nitrogens with zero attached hydrogens (tertiary/aromatic N) is 1. The number of benzene rings is 1. The fourth-order valence-electron chi connectivity index (χ4n) is 3.84. The molecule has 2 heterocycles.